The van der Waals surface area contributed by atoms with Crippen molar-refractivity contribution in [2.45, 2.75) is 26.3 Å². The highest BCUT2D eigenvalue weighted by Gasteiger charge is 2.19. The first-order valence-corrected chi connectivity index (χ1v) is 7.98. The van der Waals surface area contributed by atoms with E-state index in [-0.39, 0.29) is 34.8 Å². The summed E-state index contributed by atoms with van der Waals surface area (Å²) in [5.41, 5.74) is -0.280. The average Bonchev–Trinajstić information content (AvgIpc) is 3.03. The van der Waals surface area contributed by atoms with E-state index in [1.54, 1.807) is 6.07 Å². The van der Waals surface area contributed by atoms with Gasteiger partial charge in [0, 0.05) is 12.1 Å². The van der Waals surface area contributed by atoms with Crippen LogP contribution in [0.4, 0.5) is 4.39 Å². The maximum Gasteiger partial charge on any atom is 0.267 e. The van der Waals surface area contributed by atoms with Crippen molar-refractivity contribution in [3.05, 3.63) is 46.8 Å². The number of benzene rings is 1. The van der Waals surface area contributed by atoms with Crippen LogP contribution >= 0.6 is 0 Å². The van der Waals surface area contributed by atoms with Gasteiger partial charge in [0.05, 0.1) is 0 Å². The van der Waals surface area contributed by atoms with E-state index in [9.17, 15) is 14.0 Å². The van der Waals surface area contributed by atoms with Gasteiger partial charge in [0.2, 0.25) is 5.91 Å². The number of hydrogen-bond acceptors (Lipinski definition) is 5. The monoisotopic (exact) mass is 344 g/mol. The zero-order valence-electron chi connectivity index (χ0n) is 13.7. The van der Waals surface area contributed by atoms with Crippen LogP contribution in [0.5, 0.6) is 0 Å². The minimum absolute atomic E-state index is 0.00546. The topological polar surface area (TPSA) is 90.0 Å². The molecule has 0 saturated heterocycles. The second-order valence-electron chi connectivity index (χ2n) is 5.57. The molecule has 130 valence electrons. The number of carbonyl (C=O) groups excluding carboxylic acids is 1. The van der Waals surface area contributed by atoms with Gasteiger partial charge in [-0.3, -0.25) is 14.2 Å². The number of fused-ring (bicyclic) bond motifs is 1. The molecule has 2 aromatic heterocycles. The fraction of sp³-hybridized carbons (Fsp3) is 0.294. The molecule has 0 bridgehead atoms. The van der Waals surface area contributed by atoms with Crippen molar-refractivity contribution in [1.82, 2.24) is 20.0 Å². The van der Waals surface area contributed by atoms with Crippen molar-refractivity contribution in [1.29, 1.82) is 0 Å². The van der Waals surface area contributed by atoms with Crippen molar-refractivity contribution in [3.63, 3.8) is 0 Å². The summed E-state index contributed by atoms with van der Waals surface area (Å²) in [4.78, 5) is 28.6. The Balaban J connectivity index is 1.97. The number of carbonyl (C=O) groups is 1. The molecule has 0 spiro atoms. The van der Waals surface area contributed by atoms with E-state index in [1.165, 1.54) is 24.5 Å². The Bertz CT molecular complexity index is 964. The van der Waals surface area contributed by atoms with E-state index in [1.807, 2.05) is 6.92 Å². The molecule has 0 unspecified atom stereocenters. The zero-order valence-corrected chi connectivity index (χ0v) is 13.7. The Morgan fingerprint density at radius 1 is 1.36 bits per heavy atom. The third-order valence-electron chi connectivity index (χ3n) is 3.76. The maximum absolute atomic E-state index is 14.0. The van der Waals surface area contributed by atoms with E-state index < -0.39 is 11.4 Å². The van der Waals surface area contributed by atoms with Gasteiger partial charge in [-0.1, -0.05) is 30.6 Å². The zero-order chi connectivity index (χ0) is 17.8. The van der Waals surface area contributed by atoms with Gasteiger partial charge in [-0.2, -0.15) is 0 Å². The van der Waals surface area contributed by atoms with Crippen LogP contribution in [0, 0.1) is 5.82 Å². The summed E-state index contributed by atoms with van der Waals surface area (Å²) in [6.45, 7) is 2.39. The number of amides is 1. The number of hydrogen-bond donors (Lipinski definition) is 1. The minimum Gasteiger partial charge on any atom is -0.355 e. The van der Waals surface area contributed by atoms with E-state index in [0.29, 0.717) is 6.54 Å². The molecular formula is C17H17FN4O3. The molecule has 0 atom stereocenters. The number of nitrogens with zero attached hydrogens (tertiary/aromatic N) is 3. The maximum atomic E-state index is 14.0. The van der Waals surface area contributed by atoms with Crippen molar-refractivity contribution in [3.8, 4) is 11.3 Å². The predicted molar refractivity (Wildman–Crippen MR) is 89.4 cm³/mol. The van der Waals surface area contributed by atoms with Gasteiger partial charge in [-0.15, -0.1) is 0 Å². The molecule has 2 heterocycles. The van der Waals surface area contributed by atoms with Crippen LogP contribution in [0.15, 0.2) is 39.9 Å². The lowest BCUT2D eigenvalue weighted by Gasteiger charge is -2.06. The molecule has 8 heteroatoms. The second kappa shape index (κ2) is 7.25. The number of aromatic nitrogens is 3. The Morgan fingerprint density at radius 3 is 2.92 bits per heavy atom. The molecular weight excluding hydrogens is 327 g/mol. The summed E-state index contributed by atoms with van der Waals surface area (Å²) in [5.74, 6) is -0.814. The Labute approximate surface area is 142 Å². The van der Waals surface area contributed by atoms with Crippen molar-refractivity contribution < 1.29 is 13.7 Å². The Morgan fingerprint density at radius 2 is 2.16 bits per heavy atom. The molecule has 25 heavy (non-hydrogen) atoms. The smallest absolute Gasteiger partial charge is 0.267 e. The molecule has 1 aromatic carbocycles. The minimum atomic E-state index is -0.523. The molecule has 1 amide bonds. The summed E-state index contributed by atoms with van der Waals surface area (Å²) in [7, 11) is 0. The van der Waals surface area contributed by atoms with Crippen molar-refractivity contribution in [2.24, 2.45) is 0 Å². The predicted octanol–water partition coefficient (Wildman–Crippen LogP) is 2.11. The first kappa shape index (κ1) is 16.8. The quantitative estimate of drug-likeness (QED) is 0.692. The number of rotatable bonds is 6. The van der Waals surface area contributed by atoms with Gasteiger partial charge in [0.25, 0.3) is 11.3 Å². The highest BCUT2D eigenvalue weighted by atomic mass is 19.1. The van der Waals surface area contributed by atoms with Crippen LogP contribution in [0.25, 0.3) is 22.4 Å². The van der Waals surface area contributed by atoms with E-state index in [2.05, 4.69) is 15.5 Å². The molecule has 0 aliphatic carbocycles. The standard InChI is InChI=1S/C17H17FN4O3/c1-2-3-8-19-13(23)9-22-10-20-16-14(17(22)24)15(21-25-16)11-6-4-5-7-12(11)18/h4-7,10H,2-3,8-9H2,1H3,(H,19,23). The van der Waals surface area contributed by atoms with Gasteiger partial charge < -0.3 is 9.84 Å². The summed E-state index contributed by atoms with van der Waals surface area (Å²) < 4.78 is 20.2. The normalized spacial score (nSPS) is 11.0. The molecule has 3 rings (SSSR count). The second-order valence-corrected chi connectivity index (χ2v) is 5.57. The summed E-state index contributed by atoms with van der Waals surface area (Å²) in [6.07, 6.45) is 3.04. The molecule has 0 fully saturated rings. The van der Waals surface area contributed by atoms with E-state index in [0.717, 1.165) is 17.4 Å². The fourth-order valence-electron chi connectivity index (χ4n) is 2.45. The molecule has 0 aliphatic heterocycles. The summed E-state index contributed by atoms with van der Waals surface area (Å²) in [5, 5.41) is 6.56. The summed E-state index contributed by atoms with van der Waals surface area (Å²) in [6, 6.07) is 5.94. The SMILES string of the molecule is CCCCNC(=O)Cn1cnc2onc(-c3ccccc3F)c2c1=O. The van der Waals surface area contributed by atoms with Crippen molar-refractivity contribution >= 4 is 17.0 Å². The van der Waals surface area contributed by atoms with Crippen LogP contribution < -0.4 is 10.9 Å². The first-order valence-electron chi connectivity index (χ1n) is 7.98. The Kier molecular flexibility index (Phi) is 4.87. The lowest BCUT2D eigenvalue weighted by atomic mass is 10.1. The van der Waals surface area contributed by atoms with Crippen molar-refractivity contribution in [2.75, 3.05) is 6.54 Å². The third kappa shape index (κ3) is 3.42. The van der Waals surface area contributed by atoms with Gasteiger partial charge in [0.15, 0.2) is 0 Å². The molecule has 0 saturated carbocycles. The number of nitrogens with one attached hydrogen (secondary N) is 1. The van der Waals surface area contributed by atoms with Gasteiger partial charge in [-0.25, -0.2) is 9.37 Å². The Hall–Kier alpha value is -3.03. The average molecular weight is 344 g/mol. The highest BCUT2D eigenvalue weighted by Crippen LogP contribution is 2.26. The highest BCUT2D eigenvalue weighted by molar-refractivity contribution is 5.89. The first-order chi connectivity index (χ1) is 12.1. The molecule has 0 radical (unpaired) electrons. The molecule has 1 N–H and O–H groups in total. The van der Waals surface area contributed by atoms with Gasteiger partial charge in [0.1, 0.15) is 29.8 Å². The number of halogens is 1. The van der Waals surface area contributed by atoms with Crippen LogP contribution in [-0.4, -0.2) is 27.2 Å². The fourth-order valence-corrected chi connectivity index (χ4v) is 2.45. The van der Waals surface area contributed by atoms with Gasteiger partial charge >= 0.3 is 0 Å². The lowest BCUT2D eigenvalue weighted by molar-refractivity contribution is -0.121. The van der Waals surface area contributed by atoms with E-state index >= 15 is 0 Å². The molecule has 7 nitrogen and oxygen atoms in total. The van der Waals surface area contributed by atoms with Gasteiger partial charge in [-0.05, 0) is 18.6 Å². The largest absolute Gasteiger partial charge is 0.355 e. The van der Waals surface area contributed by atoms with Crippen LogP contribution in [-0.2, 0) is 11.3 Å². The summed E-state index contributed by atoms with van der Waals surface area (Å²) >= 11 is 0. The number of unbranched alkanes of at least 4 members (excludes halogenated alkanes) is 1. The molecule has 0 aliphatic rings. The van der Waals surface area contributed by atoms with E-state index in [4.69, 9.17) is 4.52 Å². The third-order valence-corrected chi connectivity index (χ3v) is 3.76. The lowest BCUT2D eigenvalue weighted by Crippen LogP contribution is -2.32. The van der Waals surface area contributed by atoms with Crippen LogP contribution in [0.1, 0.15) is 19.8 Å². The van der Waals surface area contributed by atoms with Crippen LogP contribution in [0.2, 0.25) is 0 Å². The van der Waals surface area contributed by atoms with Crippen LogP contribution in [0.3, 0.4) is 0 Å². The molecule has 3 aromatic rings.